The van der Waals surface area contributed by atoms with E-state index in [9.17, 15) is 10.1 Å². The van der Waals surface area contributed by atoms with E-state index in [0.717, 1.165) is 6.19 Å². The molecular weight excluding hydrogens is 134 g/mol. The Morgan fingerprint density at radius 3 is 2.50 bits per heavy atom. The third-order valence-electron chi connectivity index (χ3n) is 0.311. The van der Waals surface area contributed by atoms with Gasteiger partial charge in [0, 0.05) is 0 Å². The maximum absolute atomic E-state index is 9.49. The van der Waals surface area contributed by atoms with Crippen LogP contribution in [0.4, 0.5) is 0 Å². The highest BCUT2D eigenvalue weighted by molar-refractivity contribution is 7.91. The van der Waals surface area contributed by atoms with E-state index in [4.69, 9.17) is 9.81 Å². The summed E-state index contributed by atoms with van der Waals surface area (Å²) in [6.45, 7) is 0. The highest BCUT2D eigenvalue weighted by Crippen LogP contribution is 1.99. The lowest BCUT2D eigenvalue weighted by Gasteiger charge is -1.92. The van der Waals surface area contributed by atoms with Crippen molar-refractivity contribution in [2.24, 2.45) is 0 Å². The molecule has 44 valence electrons. The van der Waals surface area contributed by atoms with Crippen LogP contribution in [0.15, 0.2) is 0 Å². The molecule has 0 aliphatic carbocycles. The third kappa shape index (κ3) is 1.63. The molecule has 0 fully saturated rings. The summed E-state index contributed by atoms with van der Waals surface area (Å²) in [5.41, 5.74) is 0. The fraction of sp³-hybridized carbons (Fsp3) is 0. The van der Waals surface area contributed by atoms with Crippen molar-refractivity contribution in [1.82, 2.24) is 4.41 Å². The van der Waals surface area contributed by atoms with Crippen LogP contribution < -0.4 is 0 Å². The number of hydrazine groups is 1. The van der Waals surface area contributed by atoms with Crippen molar-refractivity contribution in [2.75, 3.05) is 0 Å². The van der Waals surface area contributed by atoms with Gasteiger partial charge >= 0.3 is 0 Å². The van der Waals surface area contributed by atoms with Gasteiger partial charge in [0.05, 0.1) is 4.41 Å². The summed E-state index contributed by atoms with van der Waals surface area (Å²) < 4.78 is 7.79. The Hall–Kier alpha value is -1.00. The zero-order chi connectivity index (χ0) is 6.57. The van der Waals surface area contributed by atoms with Gasteiger partial charge in [-0.1, -0.05) is 0 Å². The van der Waals surface area contributed by atoms with E-state index in [1.165, 1.54) is 0 Å². The van der Waals surface area contributed by atoms with Gasteiger partial charge in [-0.3, -0.25) is 0 Å². The van der Waals surface area contributed by atoms with Gasteiger partial charge in [-0.05, 0) is 0 Å². The number of hydrogen-bond donors (Lipinski definition) is 1. The standard InChI is InChI=1S/CHN3O3S/c2-1-3(8-7)4(5)6/h7H. The third-order valence-corrected chi connectivity index (χ3v) is 0.681. The average Bonchev–Trinajstić information content (AvgIpc) is 1.69. The second kappa shape index (κ2) is 3.06. The average molecular weight is 135 g/mol. The van der Waals surface area contributed by atoms with Gasteiger partial charge < -0.3 is 4.55 Å². The highest BCUT2D eigenvalue weighted by atomic mass is 32.2. The number of rotatable bonds is 2. The molecule has 7 heteroatoms. The summed E-state index contributed by atoms with van der Waals surface area (Å²) in [4.78, 5) is 9.49. The van der Waals surface area contributed by atoms with Crippen LogP contribution in [0, 0.1) is 21.6 Å². The van der Waals surface area contributed by atoms with Gasteiger partial charge in [-0.2, -0.15) is 5.26 Å². The molecule has 0 bridgehead atoms. The topological polar surface area (TPSA) is 90.4 Å². The molecule has 0 amide bonds. The number of nitriles is 1. The van der Waals surface area contributed by atoms with Crippen molar-refractivity contribution in [3.8, 4) is 6.19 Å². The zero-order valence-electron chi connectivity index (χ0n) is 3.51. The first-order valence-electron chi connectivity index (χ1n) is 1.38. The second-order valence-corrected chi connectivity index (χ2v) is 1.20. The fourth-order valence-electron chi connectivity index (χ4n) is 0.0846. The Balaban J connectivity index is 3.76. The van der Waals surface area contributed by atoms with E-state index in [0.29, 0.717) is 0 Å². The van der Waals surface area contributed by atoms with Crippen LogP contribution in [-0.4, -0.2) is 14.0 Å². The Kier molecular flexibility index (Phi) is 2.68. The van der Waals surface area contributed by atoms with Gasteiger partial charge in [-0.25, -0.2) is 10.1 Å². The molecule has 6 nitrogen and oxygen atoms in total. The van der Waals surface area contributed by atoms with Crippen LogP contribution >= 0.6 is 12.2 Å². The fourth-order valence-corrected chi connectivity index (χ4v) is 0.181. The summed E-state index contributed by atoms with van der Waals surface area (Å²) in [5, 5.41) is 16.2. The molecule has 0 radical (unpaired) electrons. The molecule has 0 spiro atoms. The maximum Gasteiger partial charge on any atom is 0.261 e. The Bertz CT molecular complexity index is 129. The number of nitro groups is 1. The highest BCUT2D eigenvalue weighted by Gasteiger charge is 2.11. The van der Waals surface area contributed by atoms with Crippen molar-refractivity contribution in [1.29, 1.82) is 5.26 Å². The van der Waals surface area contributed by atoms with Gasteiger partial charge in [0.2, 0.25) is 0 Å². The van der Waals surface area contributed by atoms with E-state index in [1.54, 1.807) is 0 Å². The van der Waals surface area contributed by atoms with Crippen molar-refractivity contribution >= 4 is 12.2 Å². The number of nitrogens with zero attached hydrogens (tertiary/aromatic N) is 3. The van der Waals surface area contributed by atoms with E-state index in [-0.39, 0.29) is 16.6 Å². The summed E-state index contributed by atoms with van der Waals surface area (Å²) in [6, 6.07) is 0. The SMILES string of the molecule is N#CN(SO)[N+](=O)[O-]. The second-order valence-electron chi connectivity index (χ2n) is 0.692. The predicted molar refractivity (Wildman–Crippen MR) is 24.7 cm³/mol. The molecule has 0 aliphatic heterocycles. The van der Waals surface area contributed by atoms with Crippen molar-refractivity contribution in [3.63, 3.8) is 0 Å². The lowest BCUT2D eigenvalue weighted by atomic mass is 11.4. The Labute approximate surface area is 48.8 Å². The van der Waals surface area contributed by atoms with Gasteiger partial charge in [0.15, 0.2) is 17.3 Å². The molecule has 0 saturated heterocycles. The molecule has 0 aliphatic rings. The molecule has 1 N–H and O–H groups in total. The van der Waals surface area contributed by atoms with E-state index < -0.39 is 5.03 Å². The first-order chi connectivity index (χ1) is 3.72. The minimum Gasteiger partial charge on any atom is -0.307 e. The van der Waals surface area contributed by atoms with Crippen molar-refractivity contribution < 1.29 is 9.59 Å². The molecule has 0 unspecified atom stereocenters. The summed E-state index contributed by atoms with van der Waals surface area (Å²) in [7, 11) is 0. The molecule has 0 saturated carbocycles. The van der Waals surface area contributed by atoms with Crippen molar-refractivity contribution in [3.05, 3.63) is 10.1 Å². The monoisotopic (exact) mass is 135 g/mol. The maximum atomic E-state index is 9.49. The largest absolute Gasteiger partial charge is 0.307 e. The molecule has 8 heavy (non-hydrogen) atoms. The minimum atomic E-state index is -1.04. The molecule has 0 aromatic heterocycles. The van der Waals surface area contributed by atoms with E-state index in [1.807, 2.05) is 0 Å². The Morgan fingerprint density at radius 2 is 2.50 bits per heavy atom. The Morgan fingerprint density at radius 1 is 2.00 bits per heavy atom. The molecule has 0 rings (SSSR count). The van der Waals surface area contributed by atoms with Crippen LogP contribution in [-0.2, 0) is 0 Å². The van der Waals surface area contributed by atoms with Crippen LogP contribution in [0.3, 0.4) is 0 Å². The lowest BCUT2D eigenvalue weighted by molar-refractivity contribution is -0.599. The molecule has 0 atom stereocenters. The summed E-state index contributed by atoms with van der Waals surface area (Å²) in [6.07, 6.45) is 1.10. The van der Waals surface area contributed by atoms with Gasteiger partial charge in [0.1, 0.15) is 0 Å². The van der Waals surface area contributed by atoms with Gasteiger partial charge in [0.25, 0.3) is 6.19 Å². The van der Waals surface area contributed by atoms with Crippen molar-refractivity contribution in [2.45, 2.75) is 0 Å². The van der Waals surface area contributed by atoms with E-state index in [2.05, 4.69) is 0 Å². The molecule has 0 aromatic rings. The first-order valence-corrected chi connectivity index (χ1v) is 2.11. The first kappa shape index (κ1) is 7.00. The van der Waals surface area contributed by atoms with Crippen LogP contribution in [0.25, 0.3) is 0 Å². The minimum absolute atomic E-state index is 0.0833. The van der Waals surface area contributed by atoms with Crippen LogP contribution in [0.2, 0.25) is 0 Å². The molecule has 0 aromatic carbocycles. The van der Waals surface area contributed by atoms with Crippen LogP contribution in [0.1, 0.15) is 0 Å². The summed E-state index contributed by atoms with van der Waals surface area (Å²) >= 11 is -0.249. The smallest absolute Gasteiger partial charge is 0.261 e. The number of hydrogen-bond acceptors (Lipinski definition) is 5. The normalized spacial score (nSPS) is 7.50. The zero-order valence-corrected chi connectivity index (χ0v) is 4.33. The lowest BCUT2D eigenvalue weighted by Crippen LogP contribution is -2.15. The molecule has 0 heterocycles. The van der Waals surface area contributed by atoms with Crippen LogP contribution in [0.5, 0.6) is 0 Å². The molecular formula is CHN3O3S. The summed E-state index contributed by atoms with van der Waals surface area (Å²) in [5.74, 6) is 0. The van der Waals surface area contributed by atoms with E-state index >= 15 is 0 Å². The van der Waals surface area contributed by atoms with Gasteiger partial charge in [-0.15, -0.1) is 0 Å². The quantitative estimate of drug-likeness (QED) is 0.144. The predicted octanol–water partition coefficient (Wildman–Crippen LogP) is 0.0824.